The van der Waals surface area contributed by atoms with Crippen molar-refractivity contribution in [2.24, 2.45) is 0 Å². The van der Waals surface area contributed by atoms with Crippen LogP contribution in [0, 0.1) is 0 Å². The van der Waals surface area contributed by atoms with E-state index in [4.69, 9.17) is 4.74 Å². The van der Waals surface area contributed by atoms with Gasteiger partial charge in [0, 0.05) is 25.5 Å². The Balaban J connectivity index is 1.89. The minimum absolute atomic E-state index is 0.130. The molecule has 94 valence electrons. The number of nitrogens with zero attached hydrogens (tertiary/aromatic N) is 3. The molecule has 0 radical (unpaired) electrons. The van der Waals surface area contributed by atoms with Gasteiger partial charge >= 0.3 is 0 Å². The van der Waals surface area contributed by atoms with Gasteiger partial charge in [0.15, 0.2) is 0 Å². The van der Waals surface area contributed by atoms with Crippen molar-refractivity contribution in [3.63, 3.8) is 0 Å². The third-order valence-corrected chi connectivity index (χ3v) is 4.18. The Morgan fingerprint density at radius 3 is 2.47 bits per heavy atom. The Bertz CT molecular complexity index is 338. The number of aromatic nitrogens is 2. The first-order chi connectivity index (χ1) is 8.42. The molecule has 0 amide bonds. The lowest BCUT2D eigenvalue weighted by atomic mass is 9.87. The zero-order valence-corrected chi connectivity index (χ0v) is 10.3. The third kappa shape index (κ3) is 2.00. The molecule has 4 heteroatoms. The quantitative estimate of drug-likeness (QED) is 0.783. The smallest absolute Gasteiger partial charge is 0.115 e. The predicted octanol–water partition coefficient (Wildman–Crippen LogP) is 1.83. The van der Waals surface area contributed by atoms with Crippen molar-refractivity contribution in [1.82, 2.24) is 14.7 Å². The summed E-state index contributed by atoms with van der Waals surface area (Å²) in [4.78, 5) is 2.59. The summed E-state index contributed by atoms with van der Waals surface area (Å²) in [5.41, 5.74) is 0.130. The maximum atomic E-state index is 5.48. The second-order valence-corrected chi connectivity index (χ2v) is 5.09. The largest absolute Gasteiger partial charge is 0.379 e. The second-order valence-electron chi connectivity index (χ2n) is 5.09. The van der Waals surface area contributed by atoms with E-state index in [9.17, 15) is 0 Å². The molecule has 1 aliphatic heterocycles. The van der Waals surface area contributed by atoms with Gasteiger partial charge in [0.05, 0.1) is 13.2 Å². The summed E-state index contributed by atoms with van der Waals surface area (Å²) in [6.45, 7) is 3.81. The predicted molar refractivity (Wildman–Crippen MR) is 65.7 cm³/mol. The van der Waals surface area contributed by atoms with Crippen LogP contribution in [0.5, 0.6) is 0 Å². The number of ether oxygens (including phenoxy) is 1. The Hall–Kier alpha value is -0.870. The van der Waals surface area contributed by atoms with E-state index in [1.807, 2.05) is 12.3 Å². The summed E-state index contributed by atoms with van der Waals surface area (Å²) >= 11 is 0. The van der Waals surface area contributed by atoms with E-state index in [0.717, 1.165) is 26.3 Å². The first-order valence-corrected chi connectivity index (χ1v) is 6.75. The van der Waals surface area contributed by atoms with Crippen LogP contribution in [-0.2, 0) is 10.4 Å². The second kappa shape index (κ2) is 4.78. The molecule has 1 saturated carbocycles. The molecule has 2 heterocycles. The van der Waals surface area contributed by atoms with E-state index in [2.05, 4.69) is 20.9 Å². The van der Waals surface area contributed by atoms with Crippen LogP contribution in [0.25, 0.3) is 0 Å². The Morgan fingerprint density at radius 2 is 1.82 bits per heavy atom. The minimum Gasteiger partial charge on any atom is -0.379 e. The van der Waals surface area contributed by atoms with Gasteiger partial charge in [-0.05, 0) is 31.7 Å². The van der Waals surface area contributed by atoms with Crippen molar-refractivity contribution >= 4 is 0 Å². The molecule has 0 N–H and O–H groups in total. The zero-order chi connectivity index (χ0) is 11.6. The molecular formula is C13H21N3O. The molecule has 4 nitrogen and oxygen atoms in total. The molecular weight excluding hydrogens is 214 g/mol. The van der Waals surface area contributed by atoms with Crippen LogP contribution in [-0.4, -0.2) is 41.0 Å². The fourth-order valence-corrected chi connectivity index (χ4v) is 3.30. The number of morpholine rings is 1. The molecule has 2 fully saturated rings. The molecule has 1 aromatic heterocycles. The molecule has 0 aromatic carbocycles. The van der Waals surface area contributed by atoms with Gasteiger partial charge < -0.3 is 4.74 Å². The Kier molecular flexibility index (Phi) is 3.16. The average molecular weight is 235 g/mol. The summed E-state index contributed by atoms with van der Waals surface area (Å²) in [7, 11) is 0. The van der Waals surface area contributed by atoms with Gasteiger partial charge in [0.1, 0.15) is 5.66 Å². The van der Waals surface area contributed by atoms with Crippen LogP contribution in [0.3, 0.4) is 0 Å². The van der Waals surface area contributed by atoms with Gasteiger partial charge in [-0.3, -0.25) is 9.58 Å². The fraction of sp³-hybridized carbons (Fsp3) is 0.769. The van der Waals surface area contributed by atoms with E-state index in [-0.39, 0.29) is 5.66 Å². The Morgan fingerprint density at radius 1 is 1.06 bits per heavy atom. The maximum Gasteiger partial charge on any atom is 0.115 e. The highest BCUT2D eigenvalue weighted by atomic mass is 16.5. The van der Waals surface area contributed by atoms with Crippen molar-refractivity contribution in [2.75, 3.05) is 26.3 Å². The molecule has 3 rings (SSSR count). The molecule has 0 bridgehead atoms. The highest BCUT2D eigenvalue weighted by Crippen LogP contribution is 2.37. The summed E-state index contributed by atoms with van der Waals surface area (Å²) < 4.78 is 7.67. The third-order valence-electron chi connectivity index (χ3n) is 4.18. The standard InChI is InChI=1S/C13H21N3O/c1-2-5-13(6-3-1,16-8-4-7-14-16)15-9-11-17-12-10-15/h4,7-8H,1-3,5-6,9-12H2. The molecule has 0 unspecified atom stereocenters. The Labute approximate surface area is 103 Å². The van der Waals surface area contributed by atoms with Crippen molar-refractivity contribution in [3.05, 3.63) is 18.5 Å². The van der Waals surface area contributed by atoms with Crippen LogP contribution in [0.4, 0.5) is 0 Å². The first kappa shape index (κ1) is 11.2. The van der Waals surface area contributed by atoms with E-state index in [1.165, 1.54) is 32.1 Å². The topological polar surface area (TPSA) is 30.3 Å². The lowest BCUT2D eigenvalue weighted by Crippen LogP contribution is -2.56. The van der Waals surface area contributed by atoms with Crippen LogP contribution < -0.4 is 0 Å². The lowest BCUT2D eigenvalue weighted by Gasteiger charge is -2.47. The van der Waals surface area contributed by atoms with Gasteiger partial charge in [0.2, 0.25) is 0 Å². The van der Waals surface area contributed by atoms with Crippen LogP contribution in [0.1, 0.15) is 32.1 Å². The molecule has 17 heavy (non-hydrogen) atoms. The van der Waals surface area contributed by atoms with Crippen LogP contribution in [0.15, 0.2) is 18.5 Å². The molecule has 1 saturated heterocycles. The van der Waals surface area contributed by atoms with Crippen molar-refractivity contribution in [2.45, 2.75) is 37.8 Å². The van der Waals surface area contributed by atoms with Gasteiger partial charge in [-0.25, -0.2) is 0 Å². The van der Waals surface area contributed by atoms with E-state index in [1.54, 1.807) is 0 Å². The van der Waals surface area contributed by atoms with Gasteiger partial charge in [-0.1, -0.05) is 6.42 Å². The molecule has 1 aromatic rings. The molecule has 2 aliphatic rings. The highest BCUT2D eigenvalue weighted by Gasteiger charge is 2.40. The van der Waals surface area contributed by atoms with Gasteiger partial charge in [-0.15, -0.1) is 0 Å². The summed E-state index contributed by atoms with van der Waals surface area (Å²) in [6.07, 6.45) is 10.5. The summed E-state index contributed by atoms with van der Waals surface area (Å²) in [5, 5.41) is 4.52. The maximum absolute atomic E-state index is 5.48. The van der Waals surface area contributed by atoms with E-state index in [0.29, 0.717) is 0 Å². The highest BCUT2D eigenvalue weighted by molar-refractivity contribution is 4.93. The zero-order valence-electron chi connectivity index (χ0n) is 10.3. The van der Waals surface area contributed by atoms with Gasteiger partial charge in [-0.2, -0.15) is 5.10 Å². The number of hydrogen-bond donors (Lipinski definition) is 0. The van der Waals surface area contributed by atoms with E-state index >= 15 is 0 Å². The van der Waals surface area contributed by atoms with Crippen LogP contribution >= 0.6 is 0 Å². The summed E-state index contributed by atoms with van der Waals surface area (Å²) in [5.74, 6) is 0. The minimum atomic E-state index is 0.130. The van der Waals surface area contributed by atoms with Crippen LogP contribution in [0.2, 0.25) is 0 Å². The molecule has 0 atom stereocenters. The normalized spacial score (nSPS) is 25.9. The number of hydrogen-bond acceptors (Lipinski definition) is 3. The molecule has 1 aliphatic carbocycles. The average Bonchev–Trinajstić information content (AvgIpc) is 2.95. The van der Waals surface area contributed by atoms with Crippen molar-refractivity contribution in [3.8, 4) is 0 Å². The number of rotatable bonds is 2. The van der Waals surface area contributed by atoms with Crippen molar-refractivity contribution in [1.29, 1.82) is 0 Å². The van der Waals surface area contributed by atoms with Gasteiger partial charge in [0.25, 0.3) is 0 Å². The summed E-state index contributed by atoms with van der Waals surface area (Å²) in [6, 6.07) is 2.04. The first-order valence-electron chi connectivity index (χ1n) is 6.75. The monoisotopic (exact) mass is 235 g/mol. The molecule has 0 spiro atoms. The fourth-order valence-electron chi connectivity index (χ4n) is 3.30. The SMILES string of the molecule is c1cnn(C2(N3CCOCC3)CCCCC2)c1. The lowest BCUT2D eigenvalue weighted by molar-refractivity contribution is -0.0833. The van der Waals surface area contributed by atoms with E-state index < -0.39 is 0 Å². The van der Waals surface area contributed by atoms with Crippen molar-refractivity contribution < 1.29 is 4.74 Å².